The molecule has 7 heteroatoms. The second-order valence-corrected chi connectivity index (χ2v) is 4.74. The standard InChI is InChI=1S/C15H15N3O4/c19-14-6-3-7-17-18(14)9-8-16-15(20)13-10-21-11-4-1-2-5-12(11)22-13/h1-7,13H,8-10H2,(H,16,20). The minimum absolute atomic E-state index is 0.159. The normalized spacial score (nSPS) is 16.1. The number of carbonyl (C=O) groups is 1. The summed E-state index contributed by atoms with van der Waals surface area (Å²) >= 11 is 0. The fourth-order valence-corrected chi connectivity index (χ4v) is 2.10. The maximum absolute atomic E-state index is 12.1. The lowest BCUT2D eigenvalue weighted by atomic mass is 10.2. The third kappa shape index (κ3) is 3.08. The van der Waals surface area contributed by atoms with Gasteiger partial charge in [0.25, 0.3) is 11.5 Å². The topological polar surface area (TPSA) is 82.5 Å². The Morgan fingerprint density at radius 3 is 2.91 bits per heavy atom. The molecule has 22 heavy (non-hydrogen) atoms. The zero-order valence-electron chi connectivity index (χ0n) is 11.8. The van der Waals surface area contributed by atoms with E-state index in [1.54, 1.807) is 18.2 Å². The van der Waals surface area contributed by atoms with Gasteiger partial charge in [-0.25, -0.2) is 4.68 Å². The molecule has 0 saturated heterocycles. The first-order valence-corrected chi connectivity index (χ1v) is 6.92. The van der Waals surface area contributed by atoms with Crippen LogP contribution in [0.15, 0.2) is 47.4 Å². The predicted octanol–water partition coefficient (Wildman–Crippen LogP) is 0.199. The van der Waals surface area contributed by atoms with Crippen molar-refractivity contribution in [2.45, 2.75) is 12.6 Å². The van der Waals surface area contributed by atoms with Gasteiger partial charge in [-0.15, -0.1) is 0 Å². The van der Waals surface area contributed by atoms with Crippen molar-refractivity contribution in [1.82, 2.24) is 15.1 Å². The summed E-state index contributed by atoms with van der Waals surface area (Å²) in [4.78, 5) is 23.5. The minimum atomic E-state index is -0.699. The van der Waals surface area contributed by atoms with Gasteiger partial charge >= 0.3 is 0 Å². The molecule has 1 aliphatic heterocycles. The predicted molar refractivity (Wildman–Crippen MR) is 77.9 cm³/mol. The highest BCUT2D eigenvalue weighted by Gasteiger charge is 2.26. The number of hydrogen-bond donors (Lipinski definition) is 1. The summed E-state index contributed by atoms with van der Waals surface area (Å²) in [7, 11) is 0. The van der Waals surface area contributed by atoms with Crippen LogP contribution in [-0.4, -0.2) is 34.9 Å². The van der Waals surface area contributed by atoms with Crippen molar-refractivity contribution < 1.29 is 14.3 Å². The van der Waals surface area contributed by atoms with Gasteiger partial charge in [-0.2, -0.15) is 5.10 Å². The van der Waals surface area contributed by atoms with Crippen LogP contribution in [0.25, 0.3) is 0 Å². The van der Waals surface area contributed by atoms with Crippen molar-refractivity contribution in [3.05, 3.63) is 52.9 Å². The first-order valence-electron chi connectivity index (χ1n) is 6.92. The molecular weight excluding hydrogens is 286 g/mol. The van der Waals surface area contributed by atoms with Crippen LogP contribution >= 0.6 is 0 Å². The highest BCUT2D eigenvalue weighted by molar-refractivity contribution is 5.81. The number of para-hydroxylation sites is 2. The van der Waals surface area contributed by atoms with Crippen LogP contribution in [0.5, 0.6) is 11.5 Å². The van der Waals surface area contributed by atoms with Crippen LogP contribution < -0.4 is 20.3 Å². The van der Waals surface area contributed by atoms with Crippen molar-refractivity contribution in [3.63, 3.8) is 0 Å². The molecule has 0 spiro atoms. The third-order valence-electron chi connectivity index (χ3n) is 3.21. The van der Waals surface area contributed by atoms with Gasteiger partial charge in [0.15, 0.2) is 11.5 Å². The van der Waals surface area contributed by atoms with Gasteiger partial charge in [0.2, 0.25) is 6.10 Å². The summed E-state index contributed by atoms with van der Waals surface area (Å²) < 4.78 is 12.4. The van der Waals surface area contributed by atoms with E-state index in [9.17, 15) is 9.59 Å². The number of rotatable bonds is 4. The fourth-order valence-electron chi connectivity index (χ4n) is 2.10. The Bertz CT molecular complexity index is 728. The maximum Gasteiger partial charge on any atom is 0.266 e. The molecule has 0 aliphatic carbocycles. The highest BCUT2D eigenvalue weighted by Crippen LogP contribution is 2.30. The number of nitrogens with one attached hydrogen (secondary N) is 1. The SMILES string of the molecule is O=C(NCCn1ncccc1=O)C1COc2ccccc2O1. The maximum atomic E-state index is 12.1. The van der Waals surface area contributed by atoms with Gasteiger partial charge in [0.1, 0.15) is 6.61 Å². The average Bonchev–Trinajstić information content (AvgIpc) is 2.56. The summed E-state index contributed by atoms with van der Waals surface area (Å²) in [6.45, 7) is 0.749. The Morgan fingerprint density at radius 1 is 1.27 bits per heavy atom. The molecule has 2 aromatic rings. The van der Waals surface area contributed by atoms with Crippen LogP contribution in [-0.2, 0) is 11.3 Å². The second-order valence-electron chi connectivity index (χ2n) is 4.74. The quantitative estimate of drug-likeness (QED) is 0.872. The molecule has 0 saturated carbocycles. The summed E-state index contributed by atoms with van der Waals surface area (Å²) in [6.07, 6.45) is 0.827. The van der Waals surface area contributed by atoms with E-state index in [1.165, 1.54) is 16.9 Å². The van der Waals surface area contributed by atoms with Gasteiger partial charge in [-0.3, -0.25) is 9.59 Å². The van der Waals surface area contributed by atoms with E-state index in [1.807, 2.05) is 12.1 Å². The molecule has 1 N–H and O–H groups in total. The van der Waals surface area contributed by atoms with Crippen molar-refractivity contribution in [1.29, 1.82) is 0 Å². The molecule has 3 rings (SSSR count). The summed E-state index contributed by atoms with van der Waals surface area (Å²) in [5.41, 5.74) is -0.206. The second kappa shape index (κ2) is 6.30. The Kier molecular flexibility index (Phi) is 4.04. The molecule has 1 atom stereocenters. The molecule has 0 bridgehead atoms. The number of ether oxygens (including phenoxy) is 2. The molecule has 0 fully saturated rings. The lowest BCUT2D eigenvalue weighted by Crippen LogP contribution is -2.45. The zero-order chi connectivity index (χ0) is 15.4. The van der Waals surface area contributed by atoms with Crippen molar-refractivity contribution >= 4 is 5.91 Å². The van der Waals surface area contributed by atoms with Gasteiger partial charge in [0, 0.05) is 18.8 Å². The van der Waals surface area contributed by atoms with Crippen LogP contribution in [0.1, 0.15) is 0 Å². The Labute approximate surface area is 126 Å². The molecule has 114 valence electrons. The van der Waals surface area contributed by atoms with Crippen LogP contribution in [0.2, 0.25) is 0 Å². The number of amides is 1. The van der Waals surface area contributed by atoms with Gasteiger partial charge in [-0.05, 0) is 18.2 Å². The minimum Gasteiger partial charge on any atom is -0.485 e. The number of fused-ring (bicyclic) bond motifs is 1. The first kappa shape index (κ1) is 14.1. The molecule has 1 aliphatic rings. The Morgan fingerprint density at radius 2 is 2.09 bits per heavy atom. The van der Waals surface area contributed by atoms with Crippen molar-refractivity contribution in [3.8, 4) is 11.5 Å². The van der Waals surface area contributed by atoms with Crippen LogP contribution in [0.3, 0.4) is 0 Å². The lowest BCUT2D eigenvalue weighted by molar-refractivity contribution is -0.130. The molecule has 1 amide bonds. The summed E-state index contributed by atoms with van der Waals surface area (Å²) in [5.74, 6) is 0.903. The molecule has 7 nitrogen and oxygen atoms in total. The number of carbonyl (C=O) groups excluding carboxylic acids is 1. The monoisotopic (exact) mass is 301 g/mol. The van der Waals surface area contributed by atoms with E-state index in [4.69, 9.17) is 9.47 Å². The number of benzene rings is 1. The summed E-state index contributed by atoms with van der Waals surface area (Å²) in [6, 6.07) is 10.2. The van der Waals surface area contributed by atoms with E-state index in [-0.39, 0.29) is 24.6 Å². The van der Waals surface area contributed by atoms with E-state index in [0.29, 0.717) is 18.0 Å². The number of aromatic nitrogens is 2. The van der Waals surface area contributed by atoms with Crippen molar-refractivity contribution in [2.24, 2.45) is 0 Å². The molecule has 1 unspecified atom stereocenters. The number of hydrogen-bond acceptors (Lipinski definition) is 5. The average molecular weight is 301 g/mol. The van der Waals surface area contributed by atoms with E-state index >= 15 is 0 Å². The van der Waals surface area contributed by atoms with Crippen LogP contribution in [0.4, 0.5) is 0 Å². The third-order valence-corrected chi connectivity index (χ3v) is 3.21. The smallest absolute Gasteiger partial charge is 0.266 e. The first-order chi connectivity index (χ1) is 10.7. The van der Waals surface area contributed by atoms with E-state index in [2.05, 4.69) is 10.4 Å². The molecule has 1 aromatic carbocycles. The zero-order valence-corrected chi connectivity index (χ0v) is 11.8. The Hall–Kier alpha value is -2.83. The largest absolute Gasteiger partial charge is 0.485 e. The Balaban J connectivity index is 1.53. The van der Waals surface area contributed by atoms with Crippen LogP contribution in [0, 0.1) is 0 Å². The lowest BCUT2D eigenvalue weighted by Gasteiger charge is -2.25. The molecule has 0 radical (unpaired) electrons. The fraction of sp³-hybridized carbons (Fsp3) is 0.267. The number of nitrogens with zero attached hydrogens (tertiary/aromatic N) is 2. The highest BCUT2D eigenvalue weighted by atomic mass is 16.6. The van der Waals surface area contributed by atoms with E-state index in [0.717, 1.165) is 0 Å². The van der Waals surface area contributed by atoms with E-state index < -0.39 is 6.10 Å². The van der Waals surface area contributed by atoms with Gasteiger partial charge in [-0.1, -0.05) is 12.1 Å². The molecular formula is C15H15N3O4. The van der Waals surface area contributed by atoms with Crippen molar-refractivity contribution in [2.75, 3.05) is 13.2 Å². The van der Waals surface area contributed by atoms with Gasteiger partial charge < -0.3 is 14.8 Å². The summed E-state index contributed by atoms with van der Waals surface area (Å²) in [5, 5.41) is 6.63. The van der Waals surface area contributed by atoms with Gasteiger partial charge in [0.05, 0.1) is 6.54 Å². The molecule has 2 heterocycles. The molecule has 1 aromatic heterocycles.